The highest BCUT2D eigenvalue weighted by atomic mass is 16.5. The van der Waals surface area contributed by atoms with Gasteiger partial charge >= 0.3 is 5.97 Å². The number of rotatable bonds is 13. The molecule has 0 saturated heterocycles. The lowest BCUT2D eigenvalue weighted by Crippen LogP contribution is -2.09. The van der Waals surface area contributed by atoms with Crippen molar-refractivity contribution in [3.63, 3.8) is 0 Å². The van der Waals surface area contributed by atoms with Crippen LogP contribution in [0, 0.1) is 5.41 Å². The molecule has 0 amide bonds. The third kappa shape index (κ3) is 13.0. The zero-order chi connectivity index (χ0) is 20.5. The van der Waals surface area contributed by atoms with Crippen LogP contribution in [0.1, 0.15) is 95.8 Å². The van der Waals surface area contributed by atoms with Gasteiger partial charge in [0.1, 0.15) is 17.6 Å². The van der Waals surface area contributed by atoms with Gasteiger partial charge in [0.05, 0.1) is 6.61 Å². The number of aldehydes is 1. The standard InChI is InChI=1S/C17H26O3.C6H12O/c1-2-3-4-5-6-7-8-11-14-20-16-13-10-9-12-15(16)17(18)19;1-4-6(2,3)5-7/h9-10,12-13H,2-8,11,14H2,1H3,(H,18,19);5H,4H2,1-3H3. The van der Waals surface area contributed by atoms with Gasteiger partial charge in [-0.1, -0.05) is 84.8 Å². The van der Waals surface area contributed by atoms with Gasteiger partial charge in [0.15, 0.2) is 0 Å². The first kappa shape index (κ1) is 25.2. The first-order valence-corrected chi connectivity index (χ1v) is 10.3. The van der Waals surface area contributed by atoms with Crippen LogP contribution in [0.4, 0.5) is 0 Å². The van der Waals surface area contributed by atoms with E-state index in [0.29, 0.717) is 12.4 Å². The van der Waals surface area contributed by atoms with Gasteiger partial charge in [0.25, 0.3) is 0 Å². The molecule has 0 fully saturated rings. The average molecular weight is 379 g/mol. The molecule has 0 saturated carbocycles. The Morgan fingerprint density at radius 3 is 2.04 bits per heavy atom. The van der Waals surface area contributed by atoms with E-state index >= 15 is 0 Å². The normalized spacial score (nSPS) is 10.7. The highest BCUT2D eigenvalue weighted by Crippen LogP contribution is 2.18. The van der Waals surface area contributed by atoms with Crippen molar-refractivity contribution in [2.75, 3.05) is 6.61 Å². The van der Waals surface area contributed by atoms with Gasteiger partial charge in [-0.2, -0.15) is 0 Å². The van der Waals surface area contributed by atoms with Crippen molar-refractivity contribution < 1.29 is 19.4 Å². The fraction of sp³-hybridized carbons (Fsp3) is 0.652. The number of carbonyl (C=O) groups excluding carboxylic acids is 1. The molecule has 1 aromatic rings. The highest BCUT2D eigenvalue weighted by molar-refractivity contribution is 5.90. The minimum Gasteiger partial charge on any atom is -0.493 e. The molecular weight excluding hydrogens is 340 g/mol. The van der Waals surface area contributed by atoms with Gasteiger partial charge in [-0.3, -0.25) is 0 Å². The number of carboxylic acids is 1. The molecule has 4 heteroatoms. The molecular formula is C23H38O4. The minimum absolute atomic E-state index is 0.0972. The maximum atomic E-state index is 11.0. The quantitative estimate of drug-likeness (QED) is 0.313. The fourth-order valence-corrected chi connectivity index (χ4v) is 2.27. The first-order valence-electron chi connectivity index (χ1n) is 10.3. The molecule has 4 nitrogen and oxygen atoms in total. The Balaban J connectivity index is 0.000000821. The topological polar surface area (TPSA) is 63.6 Å². The molecule has 0 aliphatic carbocycles. The predicted octanol–water partition coefficient (Wildman–Crippen LogP) is 6.53. The summed E-state index contributed by atoms with van der Waals surface area (Å²) in [5.41, 5.74) is 0.145. The number of carbonyl (C=O) groups is 2. The van der Waals surface area contributed by atoms with Crippen LogP contribution in [-0.4, -0.2) is 24.0 Å². The molecule has 0 bridgehead atoms. The number of unbranched alkanes of at least 4 members (excludes halogenated alkanes) is 7. The summed E-state index contributed by atoms with van der Waals surface area (Å²) in [5, 5.41) is 9.03. The molecule has 154 valence electrons. The van der Waals surface area contributed by atoms with Crippen LogP contribution < -0.4 is 4.74 Å². The van der Waals surface area contributed by atoms with E-state index < -0.39 is 5.97 Å². The third-order valence-corrected chi connectivity index (χ3v) is 4.60. The summed E-state index contributed by atoms with van der Waals surface area (Å²) in [6.07, 6.45) is 11.9. The number of hydrogen-bond acceptors (Lipinski definition) is 3. The molecule has 27 heavy (non-hydrogen) atoms. The molecule has 0 aliphatic heterocycles. The summed E-state index contributed by atoms with van der Waals surface area (Å²) in [5.74, 6) is -0.459. The number of para-hydroxylation sites is 1. The molecule has 0 aliphatic rings. The van der Waals surface area contributed by atoms with Gasteiger partial charge < -0.3 is 14.6 Å². The average Bonchev–Trinajstić information content (AvgIpc) is 2.67. The highest BCUT2D eigenvalue weighted by Gasteiger charge is 2.11. The number of aromatic carboxylic acids is 1. The van der Waals surface area contributed by atoms with Crippen LogP contribution in [0.2, 0.25) is 0 Å². The Kier molecular flexibility index (Phi) is 14.2. The molecule has 0 heterocycles. The van der Waals surface area contributed by atoms with Gasteiger partial charge in [0, 0.05) is 5.41 Å². The number of ether oxygens (including phenoxy) is 1. The lowest BCUT2D eigenvalue weighted by atomic mass is 9.93. The maximum absolute atomic E-state index is 11.0. The second-order valence-corrected chi connectivity index (χ2v) is 7.58. The molecule has 0 atom stereocenters. The van der Waals surface area contributed by atoms with E-state index in [0.717, 1.165) is 25.5 Å². The zero-order valence-corrected chi connectivity index (χ0v) is 17.6. The molecule has 0 aromatic heterocycles. The van der Waals surface area contributed by atoms with Crippen LogP contribution in [0.15, 0.2) is 24.3 Å². The third-order valence-electron chi connectivity index (χ3n) is 4.60. The fourth-order valence-electron chi connectivity index (χ4n) is 2.27. The Labute approximate surface area is 165 Å². The van der Waals surface area contributed by atoms with E-state index in [1.165, 1.54) is 38.5 Å². The molecule has 1 rings (SSSR count). The van der Waals surface area contributed by atoms with Crippen molar-refractivity contribution in [3.8, 4) is 5.75 Å². The molecule has 1 aromatic carbocycles. The summed E-state index contributed by atoms with van der Waals surface area (Å²) < 4.78 is 5.56. The lowest BCUT2D eigenvalue weighted by molar-refractivity contribution is -0.114. The van der Waals surface area contributed by atoms with Crippen LogP contribution >= 0.6 is 0 Å². The summed E-state index contributed by atoms with van der Waals surface area (Å²) in [6.45, 7) is 8.69. The molecule has 0 unspecified atom stereocenters. The van der Waals surface area contributed by atoms with E-state index in [4.69, 9.17) is 9.84 Å². The Hall–Kier alpha value is -1.84. The summed E-state index contributed by atoms with van der Waals surface area (Å²) >= 11 is 0. The van der Waals surface area contributed by atoms with Crippen LogP contribution in [0.5, 0.6) is 5.75 Å². The van der Waals surface area contributed by atoms with Crippen molar-refractivity contribution in [3.05, 3.63) is 29.8 Å². The molecule has 0 radical (unpaired) electrons. The second-order valence-electron chi connectivity index (χ2n) is 7.58. The van der Waals surface area contributed by atoms with Crippen molar-refractivity contribution >= 4 is 12.3 Å². The lowest BCUT2D eigenvalue weighted by Gasteiger charge is -2.10. The molecule has 1 N–H and O–H groups in total. The smallest absolute Gasteiger partial charge is 0.339 e. The number of hydrogen-bond donors (Lipinski definition) is 1. The SMILES string of the molecule is CCC(C)(C)C=O.CCCCCCCCCCOc1ccccc1C(=O)O. The van der Waals surface area contributed by atoms with E-state index in [-0.39, 0.29) is 11.0 Å². The Morgan fingerprint density at radius 1 is 1.00 bits per heavy atom. The predicted molar refractivity (Wildman–Crippen MR) is 112 cm³/mol. The van der Waals surface area contributed by atoms with Gasteiger partial charge in [-0.25, -0.2) is 4.79 Å². The zero-order valence-electron chi connectivity index (χ0n) is 17.6. The van der Waals surface area contributed by atoms with Crippen molar-refractivity contribution in [1.82, 2.24) is 0 Å². The van der Waals surface area contributed by atoms with E-state index in [2.05, 4.69) is 6.92 Å². The number of carboxylic acid groups (broad SMARTS) is 1. The number of benzene rings is 1. The van der Waals surface area contributed by atoms with Crippen molar-refractivity contribution in [2.45, 2.75) is 85.5 Å². The van der Waals surface area contributed by atoms with Crippen LogP contribution in [-0.2, 0) is 4.79 Å². The van der Waals surface area contributed by atoms with Crippen molar-refractivity contribution in [2.24, 2.45) is 5.41 Å². The van der Waals surface area contributed by atoms with Gasteiger partial charge in [0.2, 0.25) is 0 Å². The van der Waals surface area contributed by atoms with E-state index in [1.54, 1.807) is 24.3 Å². The monoisotopic (exact) mass is 378 g/mol. The maximum Gasteiger partial charge on any atom is 0.339 e. The van der Waals surface area contributed by atoms with E-state index in [9.17, 15) is 9.59 Å². The van der Waals surface area contributed by atoms with Crippen LogP contribution in [0.3, 0.4) is 0 Å². The summed E-state index contributed by atoms with van der Waals surface area (Å²) in [7, 11) is 0. The Morgan fingerprint density at radius 2 is 1.56 bits per heavy atom. The van der Waals surface area contributed by atoms with Crippen molar-refractivity contribution in [1.29, 1.82) is 0 Å². The van der Waals surface area contributed by atoms with E-state index in [1.807, 2.05) is 20.8 Å². The molecule has 0 spiro atoms. The summed E-state index contributed by atoms with van der Waals surface area (Å²) in [4.78, 5) is 21.1. The first-order chi connectivity index (χ1) is 12.9. The Bertz CT molecular complexity index is 523. The van der Waals surface area contributed by atoms with Gasteiger partial charge in [-0.05, 0) is 25.0 Å². The van der Waals surface area contributed by atoms with Crippen LogP contribution in [0.25, 0.3) is 0 Å². The van der Waals surface area contributed by atoms with Gasteiger partial charge in [-0.15, -0.1) is 0 Å². The second kappa shape index (κ2) is 15.2. The summed E-state index contributed by atoms with van der Waals surface area (Å²) in [6, 6.07) is 6.81. The largest absolute Gasteiger partial charge is 0.493 e. The minimum atomic E-state index is -0.934.